The zero-order chi connectivity index (χ0) is 16.4. The summed E-state index contributed by atoms with van der Waals surface area (Å²) in [5.74, 6) is 2.15. The molecule has 22 heavy (non-hydrogen) atoms. The average molecular weight is 304 g/mol. The molecule has 0 amide bonds. The number of ketones is 2. The van der Waals surface area contributed by atoms with E-state index in [9.17, 15) is 9.59 Å². The van der Waals surface area contributed by atoms with Gasteiger partial charge in [0.05, 0.1) is 0 Å². The van der Waals surface area contributed by atoms with Crippen LogP contribution in [-0.2, 0) is 9.59 Å². The quantitative estimate of drug-likeness (QED) is 0.617. The third-order valence-corrected chi connectivity index (χ3v) is 7.09. The van der Waals surface area contributed by atoms with Crippen molar-refractivity contribution < 1.29 is 9.59 Å². The zero-order valence-electron chi connectivity index (χ0n) is 15.1. The van der Waals surface area contributed by atoms with Crippen LogP contribution in [0.5, 0.6) is 0 Å². The van der Waals surface area contributed by atoms with Gasteiger partial charge < -0.3 is 0 Å². The molecule has 124 valence electrons. The van der Waals surface area contributed by atoms with Crippen molar-refractivity contribution in [3.05, 3.63) is 0 Å². The van der Waals surface area contributed by atoms with E-state index >= 15 is 0 Å². The van der Waals surface area contributed by atoms with E-state index < -0.39 is 0 Å². The number of rotatable bonds is 0. The van der Waals surface area contributed by atoms with Gasteiger partial charge in [0.2, 0.25) is 11.6 Å². The molecule has 4 unspecified atom stereocenters. The molecule has 0 spiro atoms. The minimum absolute atomic E-state index is 0.0245. The van der Waals surface area contributed by atoms with Crippen molar-refractivity contribution in [3.63, 3.8) is 0 Å². The van der Waals surface area contributed by atoms with E-state index in [1.165, 1.54) is 12.8 Å². The number of hydrogen-bond acceptors (Lipinski definition) is 2. The molecular formula is C20H32O2. The number of Topliss-reactive ketones (excluding diaryl/α,β-unsaturated/α-hetero) is 2. The van der Waals surface area contributed by atoms with Gasteiger partial charge in [-0.15, -0.1) is 0 Å². The van der Waals surface area contributed by atoms with E-state index in [-0.39, 0.29) is 34.2 Å². The Labute approximate surface area is 135 Å². The monoisotopic (exact) mass is 304 g/mol. The smallest absolute Gasteiger partial charge is 0.202 e. The highest BCUT2D eigenvalue weighted by Gasteiger charge is 2.59. The molecule has 0 aromatic carbocycles. The lowest BCUT2D eigenvalue weighted by Crippen LogP contribution is -2.44. The summed E-state index contributed by atoms with van der Waals surface area (Å²) in [7, 11) is 0. The lowest BCUT2D eigenvalue weighted by atomic mass is 9.54. The van der Waals surface area contributed by atoms with Crippen LogP contribution >= 0.6 is 0 Å². The van der Waals surface area contributed by atoms with Crippen molar-refractivity contribution in [3.8, 4) is 0 Å². The van der Waals surface area contributed by atoms with Gasteiger partial charge in [-0.3, -0.25) is 9.59 Å². The molecule has 4 atom stereocenters. The molecule has 0 aromatic rings. The Morgan fingerprint density at radius 2 is 1.05 bits per heavy atom. The lowest BCUT2D eigenvalue weighted by molar-refractivity contribution is -0.137. The summed E-state index contributed by atoms with van der Waals surface area (Å²) in [5.41, 5.74) is 0.474. The van der Waals surface area contributed by atoms with Gasteiger partial charge in [-0.25, -0.2) is 0 Å². The molecule has 0 radical (unpaired) electrons. The van der Waals surface area contributed by atoms with Gasteiger partial charge in [-0.05, 0) is 60.2 Å². The topological polar surface area (TPSA) is 34.1 Å². The Morgan fingerprint density at radius 1 is 0.682 bits per heavy atom. The summed E-state index contributed by atoms with van der Waals surface area (Å²) in [6.45, 7) is 13.8. The Kier molecular flexibility index (Phi) is 3.62. The second kappa shape index (κ2) is 4.92. The van der Waals surface area contributed by atoms with Crippen LogP contribution in [0.2, 0.25) is 0 Å². The van der Waals surface area contributed by atoms with Crippen LogP contribution in [-0.4, -0.2) is 11.6 Å². The SMILES string of the molecule is CC(C)(C)C1CC2CC(C(C)(C)C)CC3C(=O)C(=O)C(C1)C23. The highest BCUT2D eigenvalue weighted by atomic mass is 16.2. The molecule has 2 heteroatoms. The molecule has 0 aliphatic heterocycles. The second-order valence-electron chi connectivity index (χ2n) is 10.3. The van der Waals surface area contributed by atoms with Gasteiger partial charge in [-0.1, -0.05) is 41.5 Å². The molecule has 0 bridgehead atoms. The molecule has 2 nitrogen and oxygen atoms in total. The van der Waals surface area contributed by atoms with E-state index in [1.807, 2.05) is 0 Å². The third-order valence-electron chi connectivity index (χ3n) is 7.09. The predicted molar refractivity (Wildman–Crippen MR) is 88.3 cm³/mol. The van der Waals surface area contributed by atoms with Crippen LogP contribution in [0.15, 0.2) is 0 Å². The largest absolute Gasteiger partial charge is 0.291 e. The molecule has 3 saturated carbocycles. The Hall–Kier alpha value is -0.660. The standard InChI is InChI=1S/C20H32O2/c1-19(2,3)12-7-11-8-13(20(4,5)6)10-15-16(11)14(9-12)17(21)18(15)22/h11-16H,7-10H2,1-6H3. The van der Waals surface area contributed by atoms with Gasteiger partial charge in [0.1, 0.15) is 0 Å². The van der Waals surface area contributed by atoms with Gasteiger partial charge in [0.25, 0.3) is 0 Å². The first-order valence-electron chi connectivity index (χ1n) is 9.08. The molecule has 3 rings (SSSR count). The van der Waals surface area contributed by atoms with Gasteiger partial charge in [0.15, 0.2) is 0 Å². The Bertz CT molecular complexity index is 447. The van der Waals surface area contributed by atoms with Crippen molar-refractivity contribution in [1.82, 2.24) is 0 Å². The first-order valence-corrected chi connectivity index (χ1v) is 9.08. The Balaban J connectivity index is 1.93. The minimum atomic E-state index is -0.0245. The fourth-order valence-electron chi connectivity index (χ4n) is 5.54. The van der Waals surface area contributed by atoms with E-state index in [1.54, 1.807) is 0 Å². The molecule has 0 saturated heterocycles. The first-order chi connectivity index (χ1) is 10.00. The van der Waals surface area contributed by atoms with Crippen LogP contribution < -0.4 is 0 Å². The van der Waals surface area contributed by atoms with Crippen LogP contribution in [0.25, 0.3) is 0 Å². The molecule has 3 aliphatic carbocycles. The summed E-state index contributed by atoms with van der Waals surface area (Å²) in [4.78, 5) is 25.1. The number of hydrogen-bond donors (Lipinski definition) is 0. The maximum absolute atomic E-state index is 12.6. The van der Waals surface area contributed by atoms with Crippen LogP contribution in [0.4, 0.5) is 0 Å². The summed E-state index contributed by atoms with van der Waals surface area (Å²) >= 11 is 0. The highest BCUT2D eigenvalue weighted by Crippen LogP contribution is 2.59. The van der Waals surface area contributed by atoms with Crippen LogP contribution in [0.3, 0.4) is 0 Å². The summed E-state index contributed by atoms with van der Waals surface area (Å²) in [6, 6.07) is 0. The zero-order valence-corrected chi connectivity index (χ0v) is 15.1. The van der Waals surface area contributed by atoms with Gasteiger partial charge in [-0.2, -0.15) is 0 Å². The molecule has 3 aliphatic rings. The Morgan fingerprint density at radius 3 is 1.36 bits per heavy atom. The molecule has 0 heterocycles. The van der Waals surface area contributed by atoms with Gasteiger partial charge >= 0.3 is 0 Å². The fraction of sp³-hybridized carbons (Fsp3) is 0.900. The fourth-order valence-corrected chi connectivity index (χ4v) is 5.54. The number of carbonyl (C=O) groups is 2. The van der Waals surface area contributed by atoms with Crippen molar-refractivity contribution in [2.24, 2.45) is 46.3 Å². The van der Waals surface area contributed by atoms with Crippen molar-refractivity contribution in [2.45, 2.75) is 67.2 Å². The van der Waals surface area contributed by atoms with E-state index in [0.29, 0.717) is 23.7 Å². The van der Waals surface area contributed by atoms with E-state index in [2.05, 4.69) is 41.5 Å². The molecule has 0 N–H and O–H groups in total. The molecule has 3 fully saturated rings. The minimum Gasteiger partial charge on any atom is -0.291 e. The summed E-state index contributed by atoms with van der Waals surface area (Å²) < 4.78 is 0. The average Bonchev–Trinajstić information content (AvgIpc) is 2.63. The maximum atomic E-state index is 12.6. The van der Waals surface area contributed by atoms with Crippen molar-refractivity contribution in [2.75, 3.05) is 0 Å². The van der Waals surface area contributed by atoms with Crippen molar-refractivity contribution >= 4 is 11.6 Å². The normalized spacial score (nSPS) is 42.5. The van der Waals surface area contributed by atoms with E-state index in [0.717, 1.165) is 12.8 Å². The predicted octanol–water partition coefficient (Wildman–Crippen LogP) is 4.52. The highest BCUT2D eigenvalue weighted by molar-refractivity contribution is 6.41. The van der Waals surface area contributed by atoms with Crippen molar-refractivity contribution in [1.29, 1.82) is 0 Å². The lowest BCUT2D eigenvalue weighted by Gasteiger charge is -2.50. The van der Waals surface area contributed by atoms with Gasteiger partial charge in [0, 0.05) is 11.8 Å². The van der Waals surface area contributed by atoms with Crippen LogP contribution in [0.1, 0.15) is 67.2 Å². The maximum Gasteiger partial charge on any atom is 0.202 e. The van der Waals surface area contributed by atoms with E-state index in [4.69, 9.17) is 0 Å². The van der Waals surface area contributed by atoms with Crippen LogP contribution in [0, 0.1) is 46.3 Å². The summed E-state index contributed by atoms with van der Waals surface area (Å²) in [6.07, 6.45) is 4.33. The first kappa shape index (κ1) is 16.2. The third kappa shape index (κ3) is 2.47. The molecular weight excluding hydrogens is 272 g/mol. The second-order valence-corrected chi connectivity index (χ2v) is 10.3. The summed E-state index contributed by atoms with van der Waals surface area (Å²) in [5, 5.41) is 0. The number of carbonyl (C=O) groups excluding carboxylic acids is 2. The molecule has 0 aromatic heterocycles.